The van der Waals surface area contributed by atoms with Crippen molar-refractivity contribution >= 4 is 27.8 Å². The molecule has 2 aliphatic rings. The molecule has 38 heavy (non-hydrogen) atoms. The monoisotopic (exact) mass is 537 g/mol. The fraction of sp³-hybridized carbons (Fsp3) is 0.296. The Morgan fingerprint density at radius 3 is 2.32 bits per heavy atom. The average Bonchev–Trinajstić information content (AvgIpc) is 3.50. The topological polar surface area (TPSA) is 117 Å². The van der Waals surface area contributed by atoms with Gasteiger partial charge in [0.25, 0.3) is 11.8 Å². The molecule has 0 bridgehead atoms. The Kier molecular flexibility index (Phi) is 7.30. The highest BCUT2D eigenvalue weighted by Crippen LogP contribution is 2.25. The summed E-state index contributed by atoms with van der Waals surface area (Å²) in [6.07, 6.45) is 2.05. The highest BCUT2D eigenvalue weighted by atomic mass is 32.2. The van der Waals surface area contributed by atoms with Gasteiger partial charge in [-0.2, -0.15) is 4.31 Å². The van der Waals surface area contributed by atoms with Gasteiger partial charge in [-0.3, -0.25) is 9.59 Å². The number of fused-ring (bicyclic) bond motifs is 1. The first-order valence-electron chi connectivity index (χ1n) is 12.3. The molecular formula is C27H27N3O7S. The Bertz CT molecular complexity index is 1440. The van der Waals surface area contributed by atoms with Gasteiger partial charge in [0.2, 0.25) is 10.0 Å². The molecule has 0 aliphatic carbocycles. The van der Waals surface area contributed by atoms with Crippen LogP contribution in [-0.2, 0) is 32.5 Å². The molecule has 0 N–H and O–H groups in total. The molecule has 3 heterocycles. The zero-order valence-corrected chi connectivity index (χ0v) is 21.4. The molecule has 2 aliphatic heterocycles. The lowest BCUT2D eigenvalue weighted by Crippen LogP contribution is -2.51. The molecule has 1 fully saturated rings. The van der Waals surface area contributed by atoms with Gasteiger partial charge in [-0.1, -0.05) is 30.3 Å². The molecule has 1 aromatic heterocycles. The summed E-state index contributed by atoms with van der Waals surface area (Å²) < 4.78 is 38.3. The lowest BCUT2D eigenvalue weighted by Gasteiger charge is -2.34. The van der Waals surface area contributed by atoms with Gasteiger partial charge in [0.1, 0.15) is 0 Å². The summed E-state index contributed by atoms with van der Waals surface area (Å²) >= 11 is 0. The fourth-order valence-electron chi connectivity index (χ4n) is 4.62. The normalized spacial score (nSPS) is 16.1. The molecule has 0 atom stereocenters. The highest BCUT2D eigenvalue weighted by molar-refractivity contribution is 7.89. The van der Waals surface area contributed by atoms with Crippen LogP contribution in [-0.4, -0.2) is 79.6 Å². The minimum atomic E-state index is -3.83. The Morgan fingerprint density at radius 2 is 1.58 bits per heavy atom. The fourth-order valence-corrected chi connectivity index (χ4v) is 6.09. The number of rotatable bonds is 6. The van der Waals surface area contributed by atoms with Crippen molar-refractivity contribution in [2.75, 3.05) is 39.3 Å². The molecule has 2 aromatic carbocycles. The molecule has 3 aromatic rings. The SMILES string of the molecule is O=C(OCC(=O)N1CCN(C(=O)c2ccco2)CC1)c1cccc(S(=O)(=O)N2CCc3ccccc3C2)c1. The number of benzene rings is 2. The van der Waals surface area contributed by atoms with Crippen LogP contribution in [0.3, 0.4) is 0 Å². The van der Waals surface area contributed by atoms with E-state index in [4.69, 9.17) is 9.15 Å². The van der Waals surface area contributed by atoms with Crippen LogP contribution in [0.25, 0.3) is 0 Å². The van der Waals surface area contributed by atoms with Crippen molar-refractivity contribution < 1.29 is 32.0 Å². The van der Waals surface area contributed by atoms with Crippen LogP contribution < -0.4 is 0 Å². The number of ether oxygens (including phenoxy) is 1. The molecule has 0 spiro atoms. The number of hydrogen-bond donors (Lipinski definition) is 0. The molecular weight excluding hydrogens is 510 g/mol. The number of carbonyl (C=O) groups excluding carboxylic acids is 3. The van der Waals surface area contributed by atoms with E-state index in [0.29, 0.717) is 39.1 Å². The third-order valence-electron chi connectivity index (χ3n) is 6.78. The molecule has 0 saturated carbocycles. The Balaban J connectivity index is 1.16. The van der Waals surface area contributed by atoms with Crippen LogP contribution in [0.1, 0.15) is 32.0 Å². The summed E-state index contributed by atoms with van der Waals surface area (Å²) in [5.41, 5.74) is 2.14. The van der Waals surface area contributed by atoms with E-state index in [1.165, 1.54) is 39.7 Å². The zero-order valence-electron chi connectivity index (χ0n) is 20.6. The predicted octanol–water partition coefficient (Wildman–Crippen LogP) is 2.17. The predicted molar refractivity (Wildman–Crippen MR) is 136 cm³/mol. The van der Waals surface area contributed by atoms with Crippen LogP contribution >= 0.6 is 0 Å². The second-order valence-electron chi connectivity index (χ2n) is 9.11. The summed E-state index contributed by atoms with van der Waals surface area (Å²) in [5.74, 6) is -1.17. The minimum Gasteiger partial charge on any atom is -0.459 e. The standard InChI is InChI=1S/C27H27N3O7S/c31-25(28-12-14-29(15-13-28)26(32)24-9-4-16-36-24)19-37-27(33)21-7-3-8-23(17-21)38(34,35)30-11-10-20-5-1-2-6-22(20)18-30/h1-9,16-17H,10-15,18-19H2. The quantitative estimate of drug-likeness (QED) is 0.443. The lowest BCUT2D eigenvalue weighted by molar-refractivity contribution is -0.136. The Hall–Kier alpha value is -3.96. The highest BCUT2D eigenvalue weighted by Gasteiger charge is 2.30. The molecule has 10 nitrogen and oxygen atoms in total. The maximum absolute atomic E-state index is 13.3. The van der Waals surface area contributed by atoms with Crippen LogP contribution in [0.15, 0.2) is 76.2 Å². The van der Waals surface area contributed by atoms with Gasteiger partial charge in [-0.15, -0.1) is 0 Å². The molecule has 2 amide bonds. The molecule has 198 valence electrons. The maximum Gasteiger partial charge on any atom is 0.338 e. The molecule has 5 rings (SSSR count). The van der Waals surface area contributed by atoms with Crippen LogP contribution in [0.5, 0.6) is 0 Å². The van der Waals surface area contributed by atoms with E-state index >= 15 is 0 Å². The van der Waals surface area contributed by atoms with Crippen molar-refractivity contribution in [1.82, 2.24) is 14.1 Å². The summed E-state index contributed by atoms with van der Waals surface area (Å²) in [6, 6.07) is 16.6. The van der Waals surface area contributed by atoms with Crippen molar-refractivity contribution in [3.8, 4) is 0 Å². The zero-order chi connectivity index (χ0) is 26.7. The second-order valence-corrected chi connectivity index (χ2v) is 11.0. The maximum atomic E-state index is 13.3. The summed E-state index contributed by atoms with van der Waals surface area (Å²) in [6.45, 7) is 1.40. The number of carbonyl (C=O) groups is 3. The first kappa shape index (κ1) is 25.7. The second kappa shape index (κ2) is 10.8. The minimum absolute atomic E-state index is 0.00463. The largest absolute Gasteiger partial charge is 0.459 e. The summed E-state index contributed by atoms with van der Waals surface area (Å²) in [5, 5.41) is 0. The van der Waals surface area contributed by atoms with Crippen LogP contribution in [0.2, 0.25) is 0 Å². The molecule has 0 radical (unpaired) electrons. The van der Waals surface area contributed by atoms with Crippen molar-refractivity contribution in [3.63, 3.8) is 0 Å². The molecule has 0 unspecified atom stereocenters. The number of nitrogens with zero attached hydrogens (tertiary/aromatic N) is 3. The Labute approximate surface area is 220 Å². The molecule has 11 heteroatoms. The van der Waals surface area contributed by atoms with Crippen LogP contribution in [0.4, 0.5) is 0 Å². The number of piperazine rings is 1. The van der Waals surface area contributed by atoms with E-state index in [0.717, 1.165) is 11.1 Å². The number of furan rings is 1. The van der Waals surface area contributed by atoms with E-state index in [9.17, 15) is 22.8 Å². The van der Waals surface area contributed by atoms with E-state index < -0.39 is 22.6 Å². The van der Waals surface area contributed by atoms with Gasteiger partial charge in [0.15, 0.2) is 12.4 Å². The Morgan fingerprint density at radius 1 is 0.842 bits per heavy atom. The van der Waals surface area contributed by atoms with Gasteiger partial charge in [-0.05, 0) is 47.9 Å². The average molecular weight is 538 g/mol. The smallest absolute Gasteiger partial charge is 0.338 e. The van der Waals surface area contributed by atoms with Crippen molar-refractivity contribution in [2.45, 2.75) is 17.9 Å². The third-order valence-corrected chi connectivity index (χ3v) is 8.62. The van der Waals surface area contributed by atoms with E-state index in [1.54, 1.807) is 17.0 Å². The van der Waals surface area contributed by atoms with Gasteiger partial charge in [0.05, 0.1) is 16.7 Å². The number of hydrogen-bond acceptors (Lipinski definition) is 7. The van der Waals surface area contributed by atoms with Crippen molar-refractivity contribution in [2.24, 2.45) is 0 Å². The number of esters is 1. The van der Waals surface area contributed by atoms with Gasteiger partial charge in [0, 0.05) is 39.3 Å². The van der Waals surface area contributed by atoms with E-state index in [1.807, 2.05) is 24.3 Å². The number of amides is 2. The molecule has 1 saturated heterocycles. The van der Waals surface area contributed by atoms with E-state index in [-0.39, 0.29) is 34.6 Å². The number of sulfonamides is 1. The van der Waals surface area contributed by atoms with Gasteiger partial charge >= 0.3 is 5.97 Å². The summed E-state index contributed by atoms with van der Waals surface area (Å²) in [4.78, 5) is 40.7. The van der Waals surface area contributed by atoms with Gasteiger partial charge < -0.3 is 19.0 Å². The third kappa shape index (κ3) is 5.34. The lowest BCUT2D eigenvalue weighted by atomic mass is 10.0. The van der Waals surface area contributed by atoms with Crippen LogP contribution in [0, 0.1) is 0 Å². The first-order chi connectivity index (χ1) is 18.3. The first-order valence-corrected chi connectivity index (χ1v) is 13.7. The van der Waals surface area contributed by atoms with Gasteiger partial charge in [-0.25, -0.2) is 13.2 Å². The summed E-state index contributed by atoms with van der Waals surface area (Å²) in [7, 11) is -3.83. The van der Waals surface area contributed by atoms with E-state index in [2.05, 4.69) is 0 Å². The van der Waals surface area contributed by atoms with Crippen molar-refractivity contribution in [1.29, 1.82) is 0 Å². The van der Waals surface area contributed by atoms with Crippen molar-refractivity contribution in [3.05, 3.63) is 89.4 Å².